The second-order valence-corrected chi connectivity index (χ2v) is 10.7. The van der Waals surface area contributed by atoms with E-state index in [1.165, 1.54) is 51.1 Å². The van der Waals surface area contributed by atoms with Crippen LogP contribution in [0.3, 0.4) is 0 Å². The number of anilines is 1. The Morgan fingerprint density at radius 1 is 1.18 bits per heavy atom. The summed E-state index contributed by atoms with van der Waals surface area (Å²) in [6.07, 6.45) is 4.80. The van der Waals surface area contributed by atoms with Crippen molar-refractivity contribution in [1.82, 2.24) is 4.90 Å². The van der Waals surface area contributed by atoms with Gasteiger partial charge in [-0.1, -0.05) is 6.07 Å². The number of rotatable bonds is 7. The van der Waals surface area contributed by atoms with Gasteiger partial charge in [0.05, 0.1) is 19.4 Å². The third-order valence-corrected chi connectivity index (χ3v) is 8.51. The van der Waals surface area contributed by atoms with Crippen molar-refractivity contribution in [2.45, 2.75) is 42.4 Å². The fourth-order valence-electron chi connectivity index (χ4n) is 5.58. The lowest BCUT2D eigenvalue weighted by atomic mass is 10.0. The Morgan fingerprint density at radius 2 is 2.03 bits per heavy atom. The van der Waals surface area contributed by atoms with Crippen LogP contribution in [0.5, 0.6) is 5.75 Å². The summed E-state index contributed by atoms with van der Waals surface area (Å²) in [5, 5.41) is 0. The highest BCUT2D eigenvalue weighted by Crippen LogP contribution is 2.56. The van der Waals surface area contributed by atoms with E-state index in [1.807, 2.05) is 12.1 Å². The molecular weight excluding hydrogens is 439 g/mol. The van der Waals surface area contributed by atoms with Gasteiger partial charge >= 0.3 is 5.97 Å². The van der Waals surface area contributed by atoms with Crippen molar-refractivity contribution in [2.24, 2.45) is 11.8 Å². The van der Waals surface area contributed by atoms with Gasteiger partial charge in [-0.3, -0.25) is 0 Å². The topological polar surface area (TPSA) is 50.8 Å². The van der Waals surface area contributed by atoms with Crippen LogP contribution < -0.4 is 9.46 Å². The van der Waals surface area contributed by atoms with Crippen LogP contribution >= 0.6 is 11.9 Å². The smallest absolute Gasteiger partial charge is 0.343 e. The van der Waals surface area contributed by atoms with Crippen molar-refractivity contribution in [3.05, 3.63) is 52.8 Å². The van der Waals surface area contributed by atoms with E-state index in [2.05, 4.69) is 15.7 Å². The van der Waals surface area contributed by atoms with Gasteiger partial charge < -0.3 is 19.1 Å². The van der Waals surface area contributed by atoms with Crippen LogP contribution in [0.2, 0.25) is 0 Å². The average molecular weight is 469 g/mol. The molecule has 5 nitrogen and oxygen atoms in total. The monoisotopic (exact) mass is 468 g/mol. The van der Waals surface area contributed by atoms with Crippen LogP contribution in [0.25, 0.3) is 0 Å². The summed E-state index contributed by atoms with van der Waals surface area (Å²) in [7, 11) is 1.40. The van der Waals surface area contributed by atoms with Crippen molar-refractivity contribution < 1.29 is 18.7 Å². The fraction of sp³-hybridized carbons (Fsp3) is 0.500. The number of hydrogen-bond donors (Lipinski definition) is 1. The SMILES string of the molecule is COC(=O)c1c(NSc2ccc(F)cc2C2CC2CN2CCCC2)ccc2c1OCC1CC21. The molecule has 4 atom stereocenters. The van der Waals surface area contributed by atoms with E-state index >= 15 is 0 Å². The van der Waals surface area contributed by atoms with E-state index in [4.69, 9.17) is 9.47 Å². The van der Waals surface area contributed by atoms with E-state index < -0.39 is 5.97 Å². The van der Waals surface area contributed by atoms with Gasteiger partial charge in [0.1, 0.15) is 17.1 Å². The molecule has 2 aliphatic heterocycles. The maximum absolute atomic E-state index is 14.2. The van der Waals surface area contributed by atoms with Crippen molar-refractivity contribution >= 4 is 23.6 Å². The summed E-state index contributed by atoms with van der Waals surface area (Å²) in [6.45, 7) is 4.14. The number of esters is 1. The van der Waals surface area contributed by atoms with Gasteiger partial charge in [0.15, 0.2) is 0 Å². The Kier molecular flexibility index (Phi) is 5.49. The maximum atomic E-state index is 14.2. The lowest BCUT2D eigenvalue weighted by molar-refractivity contribution is 0.0596. The molecule has 2 aliphatic carbocycles. The number of nitrogens with zero attached hydrogens (tertiary/aromatic N) is 1. The summed E-state index contributed by atoms with van der Waals surface area (Å²) >= 11 is 1.43. The number of ether oxygens (including phenoxy) is 2. The number of halogens is 1. The second-order valence-electron chi connectivity index (χ2n) is 9.81. The number of fused-ring (bicyclic) bond motifs is 3. The van der Waals surface area contributed by atoms with Crippen molar-refractivity contribution in [3.63, 3.8) is 0 Å². The van der Waals surface area contributed by atoms with Crippen molar-refractivity contribution in [1.29, 1.82) is 0 Å². The summed E-state index contributed by atoms with van der Waals surface area (Å²) in [4.78, 5) is 16.2. The molecular formula is C26H29FN2O3S. The van der Waals surface area contributed by atoms with E-state index in [1.54, 1.807) is 6.07 Å². The number of methoxy groups -OCH3 is 1. The first-order valence-corrected chi connectivity index (χ1v) is 12.8. The predicted octanol–water partition coefficient (Wildman–Crippen LogP) is 5.43. The average Bonchev–Trinajstić information content (AvgIpc) is 3.73. The predicted molar refractivity (Wildman–Crippen MR) is 127 cm³/mol. The van der Waals surface area contributed by atoms with Crippen LogP contribution in [0.4, 0.5) is 10.1 Å². The van der Waals surface area contributed by atoms with Crippen molar-refractivity contribution in [3.8, 4) is 5.75 Å². The molecule has 2 saturated carbocycles. The molecule has 0 radical (unpaired) electrons. The molecule has 4 aliphatic rings. The van der Waals surface area contributed by atoms with E-state index in [0.29, 0.717) is 47.3 Å². The summed E-state index contributed by atoms with van der Waals surface area (Å²) in [5.74, 6) is 2.11. The van der Waals surface area contributed by atoms with Gasteiger partial charge in [-0.15, -0.1) is 0 Å². The van der Waals surface area contributed by atoms with Gasteiger partial charge in [0.2, 0.25) is 0 Å². The molecule has 1 saturated heterocycles. The molecule has 1 N–H and O–H groups in total. The third-order valence-electron chi connectivity index (χ3n) is 7.60. The highest BCUT2D eigenvalue weighted by molar-refractivity contribution is 8.00. The Morgan fingerprint density at radius 3 is 2.85 bits per heavy atom. The van der Waals surface area contributed by atoms with Crippen molar-refractivity contribution in [2.75, 3.05) is 38.1 Å². The van der Waals surface area contributed by atoms with Crippen LogP contribution in [0.1, 0.15) is 59.0 Å². The first kappa shape index (κ1) is 21.3. The first-order chi connectivity index (χ1) is 16.1. The molecule has 0 aromatic heterocycles. The van der Waals surface area contributed by atoms with Gasteiger partial charge in [-0.2, -0.15) is 0 Å². The molecule has 3 fully saturated rings. The lowest BCUT2D eigenvalue weighted by Crippen LogP contribution is -2.22. The zero-order valence-corrected chi connectivity index (χ0v) is 19.6. The summed E-state index contributed by atoms with van der Waals surface area (Å²) in [5.41, 5.74) is 3.29. The molecule has 33 heavy (non-hydrogen) atoms. The zero-order valence-electron chi connectivity index (χ0n) is 18.8. The molecule has 7 heteroatoms. The second kappa shape index (κ2) is 8.51. The van der Waals surface area contributed by atoms with Crippen LogP contribution in [-0.4, -0.2) is 44.2 Å². The molecule has 2 aromatic carbocycles. The molecule has 0 amide bonds. The number of likely N-dealkylation sites (tertiary alicyclic amines) is 1. The molecule has 0 spiro atoms. The van der Waals surface area contributed by atoms with E-state index in [9.17, 15) is 9.18 Å². The van der Waals surface area contributed by atoms with E-state index in [-0.39, 0.29) is 5.82 Å². The van der Waals surface area contributed by atoms with Crippen LogP contribution in [-0.2, 0) is 4.74 Å². The van der Waals surface area contributed by atoms with Gasteiger partial charge in [0.25, 0.3) is 0 Å². The highest BCUT2D eigenvalue weighted by atomic mass is 32.2. The zero-order chi connectivity index (χ0) is 22.5. The fourth-order valence-corrected chi connectivity index (χ4v) is 6.43. The molecule has 2 aromatic rings. The standard InChI is InChI=1S/C26H29FN2O3S/c1-31-26(30)24-22(6-5-18-20-11-16(20)14-32-25(18)24)28-33-23-7-4-17(27)12-21(23)19-10-15(19)13-29-8-2-3-9-29/h4-7,12,15-16,19-20,28H,2-3,8-11,13-14H2,1H3. The number of hydrogen-bond acceptors (Lipinski definition) is 6. The Balaban J connectivity index is 1.22. The highest BCUT2D eigenvalue weighted by Gasteiger charge is 2.45. The summed E-state index contributed by atoms with van der Waals surface area (Å²) in [6, 6.07) is 9.04. The third kappa shape index (κ3) is 4.10. The Bertz CT molecular complexity index is 1090. The molecule has 0 bridgehead atoms. The quantitative estimate of drug-likeness (QED) is 0.432. The number of carbonyl (C=O) groups excluding carboxylic acids is 1. The molecule has 6 rings (SSSR count). The normalized spacial score (nSPS) is 27.3. The van der Waals surface area contributed by atoms with Gasteiger partial charge in [-0.25, -0.2) is 9.18 Å². The minimum atomic E-state index is -0.402. The minimum absolute atomic E-state index is 0.197. The molecule has 2 heterocycles. The number of benzene rings is 2. The maximum Gasteiger partial charge on any atom is 0.343 e. The van der Waals surface area contributed by atoms with Gasteiger partial charge in [-0.05, 0) is 104 Å². The van der Waals surface area contributed by atoms with Crippen LogP contribution in [0, 0.1) is 17.7 Å². The van der Waals surface area contributed by atoms with Crippen LogP contribution in [0.15, 0.2) is 35.2 Å². The lowest BCUT2D eigenvalue weighted by Gasteiger charge is -2.22. The Hall–Kier alpha value is -2.25. The minimum Gasteiger partial charge on any atom is -0.492 e. The van der Waals surface area contributed by atoms with E-state index in [0.717, 1.165) is 35.4 Å². The number of nitrogens with one attached hydrogen (secondary N) is 1. The number of carbonyl (C=O) groups is 1. The Labute approximate surface area is 198 Å². The summed E-state index contributed by atoms with van der Waals surface area (Å²) < 4.78 is 28.6. The largest absolute Gasteiger partial charge is 0.492 e. The van der Waals surface area contributed by atoms with Gasteiger partial charge in [0, 0.05) is 17.4 Å². The molecule has 174 valence electrons. The first-order valence-electron chi connectivity index (χ1n) is 11.9. The molecule has 4 unspecified atom stereocenters.